The van der Waals surface area contributed by atoms with Crippen molar-refractivity contribution in [2.24, 2.45) is 5.73 Å². The molecule has 2 unspecified atom stereocenters. The Morgan fingerprint density at radius 1 is 1.20 bits per heavy atom. The molecule has 0 amide bonds. The molecule has 0 fully saturated rings. The van der Waals surface area contributed by atoms with E-state index in [1.54, 1.807) is 7.11 Å². The van der Waals surface area contributed by atoms with E-state index < -0.39 is 0 Å². The molecule has 0 heterocycles. The van der Waals surface area contributed by atoms with Crippen molar-refractivity contribution in [3.8, 4) is 5.75 Å². The first-order valence-corrected chi connectivity index (χ1v) is 7.71. The van der Waals surface area contributed by atoms with Gasteiger partial charge in [-0.25, -0.2) is 0 Å². The molecule has 2 nitrogen and oxygen atoms in total. The Morgan fingerprint density at radius 3 is 2.80 bits per heavy atom. The molecule has 0 saturated heterocycles. The van der Waals surface area contributed by atoms with Gasteiger partial charge in [0.1, 0.15) is 5.75 Å². The second kappa shape index (κ2) is 5.51. The molecule has 3 rings (SSSR count). The molecule has 2 N–H and O–H groups in total. The van der Waals surface area contributed by atoms with Crippen LogP contribution in [0, 0.1) is 6.92 Å². The summed E-state index contributed by atoms with van der Waals surface area (Å²) in [6.45, 7) is 2.12. The van der Waals surface area contributed by atoms with Crippen LogP contribution < -0.4 is 10.5 Å². The van der Waals surface area contributed by atoms with Crippen LogP contribution in [0.2, 0.25) is 0 Å². The maximum absolute atomic E-state index is 6.42. The van der Waals surface area contributed by atoms with Crippen LogP contribution in [0.4, 0.5) is 0 Å². The Hall–Kier alpha value is -1.45. The highest BCUT2D eigenvalue weighted by molar-refractivity contribution is 8.00. The summed E-state index contributed by atoms with van der Waals surface area (Å²) in [5.41, 5.74) is 10.3. The summed E-state index contributed by atoms with van der Waals surface area (Å²) in [5, 5.41) is 0.402. The van der Waals surface area contributed by atoms with E-state index in [-0.39, 0.29) is 6.04 Å². The Balaban J connectivity index is 1.81. The second-order valence-electron chi connectivity index (χ2n) is 5.27. The molecule has 20 heavy (non-hydrogen) atoms. The lowest BCUT2D eigenvalue weighted by molar-refractivity contribution is 0.414. The van der Waals surface area contributed by atoms with Crippen LogP contribution >= 0.6 is 11.8 Å². The van der Waals surface area contributed by atoms with E-state index in [1.807, 2.05) is 17.8 Å². The normalized spacial score (nSPS) is 20.8. The fourth-order valence-electron chi connectivity index (χ4n) is 2.72. The maximum Gasteiger partial charge on any atom is 0.119 e. The van der Waals surface area contributed by atoms with Crippen molar-refractivity contribution in [1.29, 1.82) is 0 Å². The van der Waals surface area contributed by atoms with E-state index in [2.05, 4.69) is 43.3 Å². The smallest absolute Gasteiger partial charge is 0.119 e. The van der Waals surface area contributed by atoms with Crippen LogP contribution in [0.25, 0.3) is 0 Å². The van der Waals surface area contributed by atoms with Gasteiger partial charge in [0.25, 0.3) is 0 Å². The number of methoxy groups -OCH3 is 1. The van der Waals surface area contributed by atoms with Gasteiger partial charge in [0, 0.05) is 16.2 Å². The Morgan fingerprint density at radius 2 is 2.05 bits per heavy atom. The zero-order chi connectivity index (χ0) is 14.1. The lowest BCUT2D eigenvalue weighted by Gasteiger charge is -2.16. The minimum absolute atomic E-state index is 0.0746. The van der Waals surface area contributed by atoms with E-state index in [9.17, 15) is 0 Å². The summed E-state index contributed by atoms with van der Waals surface area (Å²) in [5.74, 6) is 0.889. The summed E-state index contributed by atoms with van der Waals surface area (Å²) in [6, 6.07) is 14.9. The third-order valence-electron chi connectivity index (χ3n) is 3.81. The molecule has 1 aliphatic carbocycles. The quantitative estimate of drug-likeness (QED) is 0.933. The monoisotopic (exact) mass is 285 g/mol. The van der Waals surface area contributed by atoms with Crippen molar-refractivity contribution in [1.82, 2.24) is 0 Å². The average Bonchev–Trinajstić information content (AvgIpc) is 2.75. The first-order chi connectivity index (χ1) is 9.67. The standard InChI is InChI=1S/C17H19NOS/c1-11-4-3-5-14(8-11)20-16-9-12-6-7-13(19-2)10-15(12)17(16)18/h3-8,10,16-17H,9,18H2,1-2H3. The van der Waals surface area contributed by atoms with Crippen LogP contribution in [0.5, 0.6) is 5.75 Å². The minimum atomic E-state index is 0.0746. The Kier molecular flexibility index (Phi) is 3.72. The van der Waals surface area contributed by atoms with E-state index >= 15 is 0 Å². The number of nitrogens with two attached hydrogens (primary N) is 1. The number of benzene rings is 2. The summed E-state index contributed by atoms with van der Waals surface area (Å²) in [7, 11) is 1.70. The van der Waals surface area contributed by atoms with Gasteiger partial charge in [-0.2, -0.15) is 0 Å². The fraction of sp³-hybridized carbons (Fsp3) is 0.294. The number of hydrogen-bond acceptors (Lipinski definition) is 3. The SMILES string of the molecule is COc1ccc2c(c1)C(N)C(Sc1cccc(C)c1)C2. The number of hydrogen-bond donors (Lipinski definition) is 1. The molecular weight excluding hydrogens is 266 g/mol. The second-order valence-corrected chi connectivity index (χ2v) is 6.58. The molecule has 0 saturated carbocycles. The van der Waals surface area contributed by atoms with Crippen molar-refractivity contribution in [2.75, 3.05) is 7.11 Å². The first kappa shape index (κ1) is 13.5. The zero-order valence-electron chi connectivity index (χ0n) is 11.8. The van der Waals surface area contributed by atoms with Gasteiger partial charge >= 0.3 is 0 Å². The van der Waals surface area contributed by atoms with Gasteiger partial charge in [0.15, 0.2) is 0 Å². The van der Waals surface area contributed by atoms with Crippen LogP contribution in [-0.2, 0) is 6.42 Å². The van der Waals surface area contributed by atoms with Crippen molar-refractivity contribution in [3.63, 3.8) is 0 Å². The average molecular weight is 285 g/mol. The van der Waals surface area contributed by atoms with Crippen LogP contribution in [-0.4, -0.2) is 12.4 Å². The van der Waals surface area contributed by atoms with Crippen LogP contribution in [0.15, 0.2) is 47.4 Å². The number of fused-ring (bicyclic) bond motifs is 1. The van der Waals surface area contributed by atoms with Gasteiger partial charge in [-0.1, -0.05) is 23.8 Å². The molecule has 2 aromatic carbocycles. The summed E-state index contributed by atoms with van der Waals surface area (Å²) in [4.78, 5) is 1.30. The molecule has 104 valence electrons. The Labute approximate surface area is 124 Å². The molecule has 2 atom stereocenters. The molecule has 3 heteroatoms. The summed E-state index contributed by atoms with van der Waals surface area (Å²) < 4.78 is 5.29. The highest BCUT2D eigenvalue weighted by Gasteiger charge is 2.30. The predicted molar refractivity (Wildman–Crippen MR) is 84.5 cm³/mol. The third kappa shape index (κ3) is 2.56. The molecule has 1 aliphatic rings. The number of rotatable bonds is 3. The van der Waals surface area contributed by atoms with E-state index in [0.29, 0.717) is 5.25 Å². The van der Waals surface area contributed by atoms with Crippen molar-refractivity contribution < 1.29 is 4.74 Å². The molecule has 0 aliphatic heterocycles. The molecular formula is C17H19NOS. The van der Waals surface area contributed by atoms with E-state index in [1.165, 1.54) is 21.6 Å². The van der Waals surface area contributed by atoms with Crippen molar-refractivity contribution in [2.45, 2.75) is 29.5 Å². The lowest BCUT2D eigenvalue weighted by Crippen LogP contribution is -2.18. The van der Waals surface area contributed by atoms with Crippen molar-refractivity contribution in [3.05, 3.63) is 59.2 Å². The van der Waals surface area contributed by atoms with Gasteiger partial charge in [-0.05, 0) is 48.7 Å². The molecule has 0 spiro atoms. The Bertz CT molecular complexity index is 626. The zero-order valence-corrected chi connectivity index (χ0v) is 12.6. The third-order valence-corrected chi connectivity index (χ3v) is 5.10. The molecule has 0 radical (unpaired) electrons. The highest BCUT2D eigenvalue weighted by Crippen LogP contribution is 2.41. The van der Waals surface area contributed by atoms with Gasteiger partial charge < -0.3 is 10.5 Å². The lowest BCUT2D eigenvalue weighted by atomic mass is 10.1. The van der Waals surface area contributed by atoms with Crippen LogP contribution in [0.1, 0.15) is 22.7 Å². The van der Waals surface area contributed by atoms with E-state index in [0.717, 1.165) is 12.2 Å². The number of thioether (sulfide) groups is 1. The number of ether oxygens (including phenoxy) is 1. The summed E-state index contributed by atoms with van der Waals surface area (Å²) >= 11 is 1.88. The predicted octanol–water partition coefficient (Wildman–Crippen LogP) is 3.72. The minimum Gasteiger partial charge on any atom is -0.497 e. The maximum atomic E-state index is 6.42. The van der Waals surface area contributed by atoms with Crippen molar-refractivity contribution >= 4 is 11.8 Å². The van der Waals surface area contributed by atoms with Gasteiger partial charge in [0.2, 0.25) is 0 Å². The molecule has 0 aromatic heterocycles. The highest BCUT2D eigenvalue weighted by atomic mass is 32.2. The topological polar surface area (TPSA) is 35.2 Å². The first-order valence-electron chi connectivity index (χ1n) is 6.83. The molecule has 0 bridgehead atoms. The van der Waals surface area contributed by atoms with Gasteiger partial charge in [-0.15, -0.1) is 11.8 Å². The van der Waals surface area contributed by atoms with Gasteiger partial charge in [0.05, 0.1) is 7.11 Å². The fourth-order valence-corrected chi connectivity index (χ4v) is 4.04. The van der Waals surface area contributed by atoms with Crippen LogP contribution in [0.3, 0.4) is 0 Å². The summed E-state index contributed by atoms with van der Waals surface area (Å²) in [6.07, 6.45) is 1.03. The molecule has 2 aromatic rings. The van der Waals surface area contributed by atoms with E-state index in [4.69, 9.17) is 10.5 Å². The van der Waals surface area contributed by atoms with Gasteiger partial charge in [-0.3, -0.25) is 0 Å². The number of aryl methyl sites for hydroxylation is 1. The largest absolute Gasteiger partial charge is 0.497 e.